The fourth-order valence-corrected chi connectivity index (χ4v) is 2.40. The minimum atomic E-state index is -1.11. The number of aliphatic hydroxyl groups is 2. The van der Waals surface area contributed by atoms with Crippen LogP contribution in [-0.2, 0) is 4.74 Å². The molecule has 1 aliphatic rings. The summed E-state index contributed by atoms with van der Waals surface area (Å²) in [5.74, 6) is 0.323. The zero-order valence-corrected chi connectivity index (χ0v) is 10.5. The molecule has 1 unspecified atom stereocenters. The van der Waals surface area contributed by atoms with Crippen LogP contribution in [0.3, 0.4) is 0 Å². The standard InChI is InChI=1S/C10H12ClN5O3/c11-1-4-6(17)7(18)10(19-4)16-3-15-5-8(12)13-2-14-9(5)16/h2-4,6-7,10,17-18H,1H2,(H2,12,13,14)/t4-,6?,7+,10-/m1/s1. The molecule has 1 aliphatic heterocycles. The summed E-state index contributed by atoms with van der Waals surface area (Å²) in [4.78, 5) is 12.0. The number of nitrogens with two attached hydrogens (primary N) is 1. The van der Waals surface area contributed by atoms with E-state index < -0.39 is 24.5 Å². The fraction of sp³-hybridized carbons (Fsp3) is 0.500. The first-order valence-electron chi connectivity index (χ1n) is 5.64. The molecular weight excluding hydrogens is 274 g/mol. The predicted octanol–water partition coefficient (Wildman–Crippen LogP) is -0.734. The van der Waals surface area contributed by atoms with E-state index in [2.05, 4.69) is 15.0 Å². The third kappa shape index (κ3) is 1.84. The average Bonchev–Trinajstić information content (AvgIpc) is 2.94. The van der Waals surface area contributed by atoms with Gasteiger partial charge >= 0.3 is 0 Å². The van der Waals surface area contributed by atoms with Crippen LogP contribution < -0.4 is 5.73 Å². The monoisotopic (exact) mass is 285 g/mol. The minimum absolute atomic E-state index is 0.0818. The van der Waals surface area contributed by atoms with Crippen LogP contribution in [0, 0.1) is 0 Å². The number of aromatic nitrogens is 4. The highest BCUT2D eigenvalue weighted by atomic mass is 35.5. The number of hydrogen-bond acceptors (Lipinski definition) is 7. The summed E-state index contributed by atoms with van der Waals surface area (Å²) >= 11 is 5.67. The van der Waals surface area contributed by atoms with Gasteiger partial charge in [0.25, 0.3) is 0 Å². The van der Waals surface area contributed by atoms with Crippen LogP contribution >= 0.6 is 11.6 Å². The molecule has 3 heterocycles. The first-order valence-corrected chi connectivity index (χ1v) is 6.17. The van der Waals surface area contributed by atoms with Crippen molar-refractivity contribution in [1.82, 2.24) is 19.5 Å². The molecule has 1 fully saturated rings. The fourth-order valence-electron chi connectivity index (χ4n) is 2.14. The molecule has 0 spiro atoms. The number of rotatable bonds is 2. The molecule has 2 aromatic heterocycles. The molecule has 3 rings (SSSR count). The van der Waals surface area contributed by atoms with Gasteiger partial charge in [-0.2, -0.15) is 0 Å². The Morgan fingerprint density at radius 1 is 1.32 bits per heavy atom. The normalized spacial score (nSPS) is 31.1. The first kappa shape index (κ1) is 12.5. The summed E-state index contributed by atoms with van der Waals surface area (Å²) in [5.41, 5.74) is 6.53. The Hall–Kier alpha value is -1.48. The molecule has 0 aromatic carbocycles. The van der Waals surface area contributed by atoms with E-state index in [0.717, 1.165) is 0 Å². The lowest BCUT2D eigenvalue weighted by molar-refractivity contribution is -0.0291. The SMILES string of the molecule is Nc1ncnc2c1ncn2[C@@H]1O[C@H](CCl)C(O)[C@@H]1O. The van der Waals surface area contributed by atoms with E-state index in [1.165, 1.54) is 17.2 Å². The third-order valence-electron chi connectivity index (χ3n) is 3.15. The largest absolute Gasteiger partial charge is 0.387 e. The lowest BCUT2D eigenvalue weighted by Crippen LogP contribution is -2.32. The van der Waals surface area contributed by atoms with E-state index >= 15 is 0 Å². The summed E-state index contributed by atoms with van der Waals surface area (Å²) in [6.45, 7) is 0. The molecular formula is C10H12ClN5O3. The second-order valence-electron chi connectivity index (χ2n) is 4.28. The number of nitrogen functional groups attached to an aromatic ring is 1. The summed E-state index contributed by atoms with van der Waals surface area (Å²) < 4.78 is 7.03. The summed E-state index contributed by atoms with van der Waals surface area (Å²) in [6, 6.07) is 0. The van der Waals surface area contributed by atoms with E-state index in [-0.39, 0.29) is 11.7 Å². The van der Waals surface area contributed by atoms with Gasteiger partial charge in [0.15, 0.2) is 17.7 Å². The van der Waals surface area contributed by atoms with Crippen LogP contribution in [0.2, 0.25) is 0 Å². The molecule has 0 bridgehead atoms. The van der Waals surface area contributed by atoms with Crippen molar-refractivity contribution in [3.05, 3.63) is 12.7 Å². The second kappa shape index (κ2) is 4.57. The number of ether oxygens (including phenoxy) is 1. The lowest BCUT2D eigenvalue weighted by Gasteiger charge is -2.16. The zero-order chi connectivity index (χ0) is 13.6. The second-order valence-corrected chi connectivity index (χ2v) is 4.59. The van der Waals surface area contributed by atoms with Crippen molar-refractivity contribution < 1.29 is 14.9 Å². The Kier molecular flexibility index (Phi) is 3.02. The lowest BCUT2D eigenvalue weighted by atomic mass is 10.1. The zero-order valence-electron chi connectivity index (χ0n) is 9.72. The maximum absolute atomic E-state index is 10.0. The number of alkyl halides is 1. The van der Waals surface area contributed by atoms with Crippen LogP contribution in [0.15, 0.2) is 12.7 Å². The number of anilines is 1. The highest BCUT2D eigenvalue weighted by molar-refractivity contribution is 6.18. The van der Waals surface area contributed by atoms with Gasteiger partial charge in [-0.05, 0) is 0 Å². The Morgan fingerprint density at radius 2 is 2.11 bits per heavy atom. The molecule has 9 heteroatoms. The van der Waals surface area contributed by atoms with E-state index in [1.807, 2.05) is 0 Å². The highest BCUT2D eigenvalue weighted by Gasteiger charge is 2.43. The topological polar surface area (TPSA) is 119 Å². The van der Waals surface area contributed by atoms with Crippen molar-refractivity contribution in [2.75, 3.05) is 11.6 Å². The molecule has 0 aliphatic carbocycles. The molecule has 4 N–H and O–H groups in total. The van der Waals surface area contributed by atoms with Crippen LogP contribution in [-0.4, -0.2) is 53.9 Å². The smallest absolute Gasteiger partial charge is 0.167 e. The Balaban J connectivity index is 2.04. The van der Waals surface area contributed by atoms with Crippen molar-refractivity contribution in [1.29, 1.82) is 0 Å². The number of nitrogens with zero attached hydrogens (tertiary/aromatic N) is 4. The van der Waals surface area contributed by atoms with Gasteiger partial charge in [-0.1, -0.05) is 0 Å². The van der Waals surface area contributed by atoms with E-state index in [1.54, 1.807) is 0 Å². The van der Waals surface area contributed by atoms with Crippen LogP contribution in [0.1, 0.15) is 6.23 Å². The van der Waals surface area contributed by atoms with Crippen LogP contribution in [0.5, 0.6) is 0 Å². The number of halogens is 1. The van der Waals surface area contributed by atoms with Gasteiger partial charge in [0.2, 0.25) is 0 Å². The molecule has 1 saturated heterocycles. The Labute approximate surface area is 112 Å². The molecule has 19 heavy (non-hydrogen) atoms. The van der Waals surface area contributed by atoms with Gasteiger partial charge in [-0.15, -0.1) is 11.6 Å². The molecule has 8 nitrogen and oxygen atoms in total. The Morgan fingerprint density at radius 3 is 2.79 bits per heavy atom. The van der Waals surface area contributed by atoms with Gasteiger partial charge in [-0.3, -0.25) is 4.57 Å². The average molecular weight is 286 g/mol. The summed E-state index contributed by atoms with van der Waals surface area (Å²) in [5, 5.41) is 19.8. The van der Waals surface area contributed by atoms with Gasteiger partial charge in [-0.25, -0.2) is 15.0 Å². The van der Waals surface area contributed by atoms with Gasteiger partial charge in [0, 0.05) is 0 Å². The molecule has 0 amide bonds. The van der Waals surface area contributed by atoms with Crippen molar-refractivity contribution in [3.63, 3.8) is 0 Å². The van der Waals surface area contributed by atoms with E-state index in [9.17, 15) is 10.2 Å². The maximum atomic E-state index is 10.0. The first-order chi connectivity index (χ1) is 9.13. The van der Waals surface area contributed by atoms with Crippen molar-refractivity contribution in [3.8, 4) is 0 Å². The molecule has 102 valence electrons. The van der Waals surface area contributed by atoms with Crippen LogP contribution in [0.4, 0.5) is 5.82 Å². The van der Waals surface area contributed by atoms with E-state index in [4.69, 9.17) is 22.1 Å². The quantitative estimate of drug-likeness (QED) is 0.622. The summed E-state index contributed by atoms with van der Waals surface area (Å²) in [7, 11) is 0. The highest BCUT2D eigenvalue weighted by Crippen LogP contribution is 2.32. The van der Waals surface area contributed by atoms with Crippen LogP contribution in [0.25, 0.3) is 11.2 Å². The number of aliphatic hydroxyl groups excluding tert-OH is 2. The minimum Gasteiger partial charge on any atom is -0.387 e. The Bertz CT molecular complexity index is 606. The maximum Gasteiger partial charge on any atom is 0.167 e. The number of imidazole rings is 1. The molecule has 0 radical (unpaired) electrons. The van der Waals surface area contributed by atoms with E-state index in [0.29, 0.717) is 11.2 Å². The summed E-state index contributed by atoms with van der Waals surface area (Å²) in [6.07, 6.45) is -0.882. The van der Waals surface area contributed by atoms with Gasteiger partial charge in [0.05, 0.1) is 12.2 Å². The third-order valence-corrected chi connectivity index (χ3v) is 3.45. The molecule has 2 aromatic rings. The van der Waals surface area contributed by atoms with Crippen molar-refractivity contribution in [2.45, 2.75) is 24.5 Å². The number of fused-ring (bicyclic) bond motifs is 1. The number of hydrogen-bond donors (Lipinski definition) is 3. The molecule has 4 atom stereocenters. The molecule has 0 saturated carbocycles. The van der Waals surface area contributed by atoms with Crippen molar-refractivity contribution >= 4 is 28.6 Å². The predicted molar refractivity (Wildman–Crippen MR) is 66.4 cm³/mol. The van der Waals surface area contributed by atoms with Gasteiger partial charge in [0.1, 0.15) is 30.2 Å². The van der Waals surface area contributed by atoms with Gasteiger partial charge < -0.3 is 20.7 Å². The van der Waals surface area contributed by atoms with Crippen molar-refractivity contribution in [2.24, 2.45) is 0 Å².